The zero-order chi connectivity index (χ0) is 9.68. The fourth-order valence-corrected chi connectivity index (χ4v) is 1.73. The first kappa shape index (κ1) is 10.5. The molecule has 3 nitrogen and oxygen atoms in total. The molecule has 1 N–H and O–H groups in total. The van der Waals surface area contributed by atoms with Gasteiger partial charge < -0.3 is 9.64 Å². The van der Waals surface area contributed by atoms with Crippen molar-refractivity contribution in [2.45, 2.75) is 39.2 Å². The molecule has 0 amide bonds. The van der Waals surface area contributed by atoms with Gasteiger partial charge in [-0.25, -0.2) is 0 Å². The highest BCUT2D eigenvalue weighted by Gasteiger charge is 2.22. The first-order valence-electron chi connectivity index (χ1n) is 5.21. The van der Waals surface area contributed by atoms with Crippen LogP contribution in [0.3, 0.4) is 0 Å². The molecule has 1 saturated heterocycles. The van der Waals surface area contributed by atoms with Gasteiger partial charge in [0.25, 0.3) is 0 Å². The number of morpholine rings is 1. The van der Waals surface area contributed by atoms with Crippen LogP contribution in [0, 0.1) is 5.41 Å². The van der Waals surface area contributed by atoms with Gasteiger partial charge in [0.2, 0.25) is 0 Å². The van der Waals surface area contributed by atoms with Gasteiger partial charge in [0.15, 0.2) is 0 Å². The average molecular weight is 184 g/mol. The second-order valence-corrected chi connectivity index (χ2v) is 3.53. The van der Waals surface area contributed by atoms with Gasteiger partial charge in [-0.1, -0.05) is 13.8 Å². The third-order valence-electron chi connectivity index (χ3n) is 2.53. The van der Waals surface area contributed by atoms with Gasteiger partial charge in [-0.3, -0.25) is 5.41 Å². The Kier molecular flexibility index (Phi) is 4.22. The minimum atomic E-state index is 0.438. The molecule has 1 unspecified atom stereocenters. The number of ether oxygens (including phenoxy) is 1. The molecule has 1 atom stereocenters. The van der Waals surface area contributed by atoms with Gasteiger partial charge in [0.05, 0.1) is 25.1 Å². The zero-order valence-corrected chi connectivity index (χ0v) is 8.68. The molecule has 0 spiro atoms. The van der Waals surface area contributed by atoms with Crippen molar-refractivity contribution in [3.8, 4) is 0 Å². The van der Waals surface area contributed by atoms with Crippen LogP contribution >= 0.6 is 0 Å². The minimum Gasteiger partial charge on any atom is -0.377 e. The molecule has 1 fully saturated rings. The molecule has 1 aliphatic heterocycles. The Balaban J connectivity index is 2.48. The minimum absolute atomic E-state index is 0.438. The maximum Gasteiger partial charge on any atom is 0.0961 e. The number of hydrogen-bond acceptors (Lipinski definition) is 2. The fourth-order valence-electron chi connectivity index (χ4n) is 1.73. The maximum absolute atomic E-state index is 7.89. The van der Waals surface area contributed by atoms with Crippen molar-refractivity contribution in [2.24, 2.45) is 0 Å². The maximum atomic E-state index is 7.89. The molecule has 0 aromatic heterocycles. The largest absolute Gasteiger partial charge is 0.377 e. The van der Waals surface area contributed by atoms with Gasteiger partial charge in [-0.15, -0.1) is 0 Å². The summed E-state index contributed by atoms with van der Waals surface area (Å²) in [6.07, 6.45) is 3.04. The Morgan fingerprint density at radius 1 is 1.54 bits per heavy atom. The van der Waals surface area contributed by atoms with Gasteiger partial charge in [-0.2, -0.15) is 0 Å². The topological polar surface area (TPSA) is 36.3 Å². The lowest BCUT2D eigenvalue weighted by Gasteiger charge is -2.36. The molecular weight excluding hydrogens is 164 g/mol. The monoisotopic (exact) mass is 184 g/mol. The van der Waals surface area contributed by atoms with Crippen LogP contribution in [0.2, 0.25) is 0 Å². The molecule has 1 heterocycles. The summed E-state index contributed by atoms with van der Waals surface area (Å²) in [5.74, 6) is 0.789. The van der Waals surface area contributed by atoms with E-state index >= 15 is 0 Å². The molecule has 76 valence electrons. The summed E-state index contributed by atoms with van der Waals surface area (Å²) in [6, 6.07) is 0.438. The van der Waals surface area contributed by atoms with Gasteiger partial charge in [-0.05, 0) is 12.8 Å². The van der Waals surface area contributed by atoms with E-state index in [0.29, 0.717) is 6.04 Å². The number of nitrogens with one attached hydrogen (secondary N) is 1. The summed E-state index contributed by atoms with van der Waals surface area (Å²) in [4.78, 5) is 2.20. The Morgan fingerprint density at radius 2 is 2.31 bits per heavy atom. The smallest absolute Gasteiger partial charge is 0.0961 e. The number of amidine groups is 1. The normalized spacial score (nSPS) is 23.2. The third kappa shape index (κ3) is 2.69. The Hall–Kier alpha value is -0.570. The van der Waals surface area contributed by atoms with Crippen molar-refractivity contribution in [3.05, 3.63) is 0 Å². The first-order chi connectivity index (χ1) is 6.29. The van der Waals surface area contributed by atoms with Crippen LogP contribution in [0.5, 0.6) is 0 Å². The first-order valence-corrected chi connectivity index (χ1v) is 5.21. The summed E-state index contributed by atoms with van der Waals surface area (Å²) in [7, 11) is 0. The molecule has 0 bridgehead atoms. The van der Waals surface area contributed by atoms with E-state index in [1.54, 1.807) is 0 Å². The van der Waals surface area contributed by atoms with E-state index < -0.39 is 0 Å². The molecule has 13 heavy (non-hydrogen) atoms. The van der Waals surface area contributed by atoms with Crippen molar-refractivity contribution in [1.82, 2.24) is 4.90 Å². The van der Waals surface area contributed by atoms with Crippen LogP contribution in [0.4, 0.5) is 0 Å². The summed E-state index contributed by atoms with van der Waals surface area (Å²) in [5.41, 5.74) is 0. The second-order valence-electron chi connectivity index (χ2n) is 3.53. The van der Waals surface area contributed by atoms with Crippen molar-refractivity contribution >= 4 is 5.84 Å². The van der Waals surface area contributed by atoms with Crippen LogP contribution in [-0.4, -0.2) is 36.5 Å². The van der Waals surface area contributed by atoms with Crippen LogP contribution in [0.15, 0.2) is 0 Å². The van der Waals surface area contributed by atoms with E-state index in [2.05, 4.69) is 18.7 Å². The highest BCUT2D eigenvalue weighted by molar-refractivity contribution is 5.79. The van der Waals surface area contributed by atoms with E-state index in [1.807, 2.05) is 0 Å². The molecule has 3 heteroatoms. The Morgan fingerprint density at radius 3 is 2.92 bits per heavy atom. The standard InChI is InChI=1S/C10H20N2O/c1-3-5-10(11)12-6-7-13-8-9(12)4-2/h9,11H,3-8H2,1-2H3. The zero-order valence-electron chi connectivity index (χ0n) is 8.68. The highest BCUT2D eigenvalue weighted by atomic mass is 16.5. The predicted octanol–water partition coefficient (Wildman–Crippen LogP) is 1.87. The fraction of sp³-hybridized carbons (Fsp3) is 0.900. The molecule has 0 radical (unpaired) electrons. The van der Waals surface area contributed by atoms with E-state index in [9.17, 15) is 0 Å². The number of nitrogens with zero attached hydrogens (tertiary/aromatic N) is 1. The molecular formula is C10H20N2O. The van der Waals surface area contributed by atoms with E-state index in [-0.39, 0.29) is 0 Å². The van der Waals surface area contributed by atoms with Crippen LogP contribution in [-0.2, 0) is 4.74 Å². The summed E-state index contributed by atoms with van der Waals surface area (Å²) in [5, 5.41) is 7.89. The molecule has 0 aliphatic carbocycles. The molecule has 0 aromatic carbocycles. The van der Waals surface area contributed by atoms with Crippen molar-refractivity contribution < 1.29 is 4.74 Å². The van der Waals surface area contributed by atoms with Crippen LogP contribution in [0.1, 0.15) is 33.1 Å². The van der Waals surface area contributed by atoms with Crippen molar-refractivity contribution in [1.29, 1.82) is 5.41 Å². The number of rotatable bonds is 3. The molecule has 1 aliphatic rings. The van der Waals surface area contributed by atoms with Crippen molar-refractivity contribution in [2.75, 3.05) is 19.8 Å². The average Bonchev–Trinajstić information content (AvgIpc) is 2.18. The second kappa shape index (κ2) is 5.22. The van der Waals surface area contributed by atoms with Crippen molar-refractivity contribution in [3.63, 3.8) is 0 Å². The van der Waals surface area contributed by atoms with E-state index in [4.69, 9.17) is 10.1 Å². The van der Waals surface area contributed by atoms with E-state index in [0.717, 1.165) is 44.9 Å². The predicted molar refractivity (Wildman–Crippen MR) is 54.2 cm³/mol. The van der Waals surface area contributed by atoms with Gasteiger partial charge >= 0.3 is 0 Å². The van der Waals surface area contributed by atoms with E-state index in [1.165, 1.54) is 0 Å². The number of hydrogen-bond donors (Lipinski definition) is 1. The quantitative estimate of drug-likeness (QED) is 0.537. The summed E-state index contributed by atoms with van der Waals surface area (Å²) >= 11 is 0. The van der Waals surface area contributed by atoms with Crippen LogP contribution < -0.4 is 0 Å². The molecule has 1 rings (SSSR count). The lowest BCUT2D eigenvalue weighted by Crippen LogP contribution is -2.48. The van der Waals surface area contributed by atoms with Crippen LogP contribution in [0.25, 0.3) is 0 Å². The molecule has 0 aromatic rings. The van der Waals surface area contributed by atoms with Gasteiger partial charge in [0.1, 0.15) is 0 Å². The third-order valence-corrected chi connectivity index (χ3v) is 2.53. The SMILES string of the molecule is CCCC(=N)N1CCOCC1CC. The summed E-state index contributed by atoms with van der Waals surface area (Å²) in [6.45, 7) is 6.75. The lowest BCUT2D eigenvalue weighted by molar-refractivity contribution is 0.0238. The lowest BCUT2D eigenvalue weighted by atomic mass is 10.1. The highest BCUT2D eigenvalue weighted by Crippen LogP contribution is 2.12. The summed E-state index contributed by atoms with van der Waals surface area (Å²) < 4.78 is 5.39. The molecule has 0 saturated carbocycles. The Bertz CT molecular complexity index is 170. The Labute approximate surface area is 80.6 Å². The van der Waals surface area contributed by atoms with Gasteiger partial charge in [0, 0.05) is 13.0 Å².